The Labute approximate surface area is 244 Å². The van der Waals surface area contributed by atoms with E-state index in [2.05, 4.69) is 5.32 Å². The number of benzene rings is 4. The van der Waals surface area contributed by atoms with E-state index in [0.29, 0.717) is 30.3 Å². The van der Waals surface area contributed by atoms with Gasteiger partial charge in [-0.25, -0.2) is 13.4 Å². The van der Waals surface area contributed by atoms with E-state index in [4.69, 9.17) is 9.73 Å². The van der Waals surface area contributed by atoms with Crippen molar-refractivity contribution in [1.29, 1.82) is 0 Å². The molecule has 0 saturated carbocycles. The standard InChI is InChI=1S/C32H28N4O5S/c37-31-30(34-29(23-10-3-1-4-11-23)27-16-7-8-17-28(27)33-31)36(25-13-5-2-6-14-25)32(38)24-12-9-15-26(22-24)42(39,40)35-18-20-41-21-19-35/h1-17,22,30H,18-21H2,(H,33,37). The minimum absolute atomic E-state index is 0.00513. The number of nitrogens with zero attached hydrogens (tertiary/aromatic N) is 3. The Morgan fingerprint density at radius 1 is 0.857 bits per heavy atom. The summed E-state index contributed by atoms with van der Waals surface area (Å²) in [5.41, 5.74) is 3.17. The van der Waals surface area contributed by atoms with Gasteiger partial charge in [0.05, 0.1) is 29.5 Å². The van der Waals surface area contributed by atoms with Crippen LogP contribution in [0.4, 0.5) is 11.4 Å². The molecule has 9 nitrogen and oxygen atoms in total. The molecular weight excluding hydrogens is 552 g/mol. The number of sulfonamides is 1. The predicted molar refractivity (Wildman–Crippen MR) is 160 cm³/mol. The first-order valence-electron chi connectivity index (χ1n) is 13.5. The van der Waals surface area contributed by atoms with Crippen LogP contribution >= 0.6 is 0 Å². The molecule has 1 fully saturated rings. The Hall–Kier alpha value is -4.64. The lowest BCUT2D eigenvalue weighted by Gasteiger charge is -2.29. The van der Waals surface area contributed by atoms with Crippen molar-refractivity contribution in [3.05, 3.63) is 126 Å². The van der Waals surface area contributed by atoms with Crippen molar-refractivity contribution >= 4 is 38.9 Å². The van der Waals surface area contributed by atoms with Crippen molar-refractivity contribution in [2.75, 3.05) is 36.5 Å². The van der Waals surface area contributed by atoms with E-state index in [9.17, 15) is 18.0 Å². The number of aliphatic imine (C=N–C) groups is 1. The molecule has 0 radical (unpaired) electrons. The number of amides is 2. The molecule has 2 aliphatic heterocycles. The highest BCUT2D eigenvalue weighted by Gasteiger charge is 2.36. The van der Waals surface area contributed by atoms with Crippen LogP contribution < -0.4 is 10.2 Å². The van der Waals surface area contributed by atoms with Gasteiger partial charge in [-0.15, -0.1) is 0 Å². The minimum atomic E-state index is -3.86. The first kappa shape index (κ1) is 27.5. The molecule has 1 unspecified atom stereocenters. The number of hydrogen-bond acceptors (Lipinski definition) is 6. The third kappa shape index (κ3) is 5.35. The number of nitrogens with one attached hydrogen (secondary N) is 1. The molecule has 1 atom stereocenters. The van der Waals surface area contributed by atoms with E-state index in [0.717, 1.165) is 11.1 Å². The highest BCUT2D eigenvalue weighted by atomic mass is 32.2. The fourth-order valence-corrected chi connectivity index (χ4v) is 6.52. The molecule has 2 heterocycles. The second-order valence-electron chi connectivity index (χ2n) is 9.81. The molecule has 0 aliphatic carbocycles. The lowest BCUT2D eigenvalue weighted by Crippen LogP contribution is -2.46. The summed E-state index contributed by atoms with van der Waals surface area (Å²) in [6.45, 7) is 1.08. The highest BCUT2D eigenvalue weighted by molar-refractivity contribution is 7.89. The molecule has 2 aliphatic rings. The van der Waals surface area contributed by atoms with Gasteiger partial charge >= 0.3 is 0 Å². The number of carbonyl (C=O) groups is 2. The molecule has 4 aromatic carbocycles. The largest absolute Gasteiger partial charge is 0.379 e. The fraction of sp³-hybridized carbons (Fsp3) is 0.156. The fourth-order valence-electron chi connectivity index (χ4n) is 5.07. The molecule has 4 aromatic rings. The van der Waals surface area contributed by atoms with Gasteiger partial charge in [-0.05, 0) is 36.4 Å². The minimum Gasteiger partial charge on any atom is -0.379 e. The van der Waals surface area contributed by atoms with Gasteiger partial charge < -0.3 is 10.1 Å². The van der Waals surface area contributed by atoms with Crippen molar-refractivity contribution in [1.82, 2.24) is 4.31 Å². The van der Waals surface area contributed by atoms with Crippen LogP contribution in [-0.2, 0) is 19.6 Å². The molecule has 10 heteroatoms. The summed E-state index contributed by atoms with van der Waals surface area (Å²) in [7, 11) is -3.86. The molecule has 0 aromatic heterocycles. The Morgan fingerprint density at radius 2 is 1.52 bits per heavy atom. The van der Waals surface area contributed by atoms with Crippen molar-refractivity contribution in [3.63, 3.8) is 0 Å². The van der Waals surface area contributed by atoms with E-state index in [1.54, 1.807) is 36.4 Å². The molecular formula is C32H28N4O5S. The van der Waals surface area contributed by atoms with Crippen molar-refractivity contribution in [2.24, 2.45) is 4.99 Å². The number of ether oxygens (including phenoxy) is 1. The average Bonchev–Trinajstić information content (AvgIpc) is 3.18. The monoisotopic (exact) mass is 580 g/mol. The summed E-state index contributed by atoms with van der Waals surface area (Å²) in [4.78, 5) is 34.3. The highest BCUT2D eigenvalue weighted by Crippen LogP contribution is 2.29. The maximum Gasteiger partial charge on any atom is 0.270 e. The molecule has 1 N–H and O–H groups in total. The number of rotatable bonds is 6. The van der Waals surface area contributed by atoms with Crippen molar-refractivity contribution < 1.29 is 22.7 Å². The maximum atomic E-state index is 14.3. The normalized spacial score (nSPS) is 17.4. The van der Waals surface area contributed by atoms with Gasteiger partial charge in [0.15, 0.2) is 0 Å². The molecule has 1 saturated heterocycles. The second-order valence-corrected chi connectivity index (χ2v) is 11.7. The van der Waals surface area contributed by atoms with Crippen LogP contribution in [0.2, 0.25) is 0 Å². The first-order chi connectivity index (χ1) is 20.4. The molecule has 0 spiro atoms. The van der Waals surface area contributed by atoms with Crippen LogP contribution in [-0.4, -0.2) is 62.7 Å². The Morgan fingerprint density at radius 3 is 2.26 bits per heavy atom. The summed E-state index contributed by atoms with van der Waals surface area (Å²) >= 11 is 0. The molecule has 42 heavy (non-hydrogen) atoms. The zero-order chi connectivity index (χ0) is 29.1. The lowest BCUT2D eigenvalue weighted by atomic mass is 10.0. The van der Waals surface area contributed by atoms with Gasteiger partial charge in [0, 0.05) is 35.5 Å². The molecule has 6 rings (SSSR count). The number of para-hydroxylation sites is 2. The lowest BCUT2D eigenvalue weighted by molar-refractivity contribution is -0.117. The molecule has 212 valence electrons. The molecule has 0 bridgehead atoms. The summed E-state index contributed by atoms with van der Waals surface area (Å²) in [5.74, 6) is -1.06. The smallest absolute Gasteiger partial charge is 0.270 e. The van der Waals surface area contributed by atoms with Gasteiger partial charge in [0.25, 0.3) is 11.8 Å². The van der Waals surface area contributed by atoms with Crippen LogP contribution in [0.1, 0.15) is 21.5 Å². The van der Waals surface area contributed by atoms with E-state index in [1.807, 2.05) is 54.6 Å². The Bertz CT molecular complexity index is 1750. The third-order valence-corrected chi connectivity index (χ3v) is 9.05. The van der Waals surface area contributed by atoms with Gasteiger partial charge in [0.1, 0.15) is 0 Å². The number of morpholine rings is 1. The first-order valence-corrected chi connectivity index (χ1v) is 15.0. The maximum absolute atomic E-state index is 14.3. The van der Waals surface area contributed by atoms with E-state index in [1.165, 1.54) is 27.4 Å². The quantitative estimate of drug-likeness (QED) is 0.368. The zero-order valence-corrected chi connectivity index (χ0v) is 23.4. The number of carbonyl (C=O) groups excluding carboxylic acids is 2. The number of fused-ring (bicyclic) bond motifs is 1. The Kier molecular flexibility index (Phi) is 7.66. The summed E-state index contributed by atoms with van der Waals surface area (Å²) in [5, 5.41) is 2.95. The topological polar surface area (TPSA) is 108 Å². The van der Waals surface area contributed by atoms with Gasteiger partial charge in [0.2, 0.25) is 16.2 Å². The van der Waals surface area contributed by atoms with E-state index >= 15 is 0 Å². The van der Waals surface area contributed by atoms with Crippen LogP contribution in [0, 0.1) is 0 Å². The number of benzodiazepines with no additional fused rings is 1. The van der Waals surface area contributed by atoms with Crippen molar-refractivity contribution in [2.45, 2.75) is 11.1 Å². The van der Waals surface area contributed by atoms with Crippen molar-refractivity contribution in [3.8, 4) is 0 Å². The van der Waals surface area contributed by atoms with Crippen LogP contribution in [0.25, 0.3) is 0 Å². The summed E-state index contributed by atoms with van der Waals surface area (Å²) < 4.78 is 33.4. The van der Waals surface area contributed by atoms with E-state index in [-0.39, 0.29) is 23.5 Å². The van der Waals surface area contributed by atoms with E-state index < -0.39 is 28.0 Å². The predicted octanol–water partition coefficient (Wildman–Crippen LogP) is 4.17. The number of anilines is 2. The van der Waals surface area contributed by atoms with Crippen LogP contribution in [0.3, 0.4) is 0 Å². The zero-order valence-electron chi connectivity index (χ0n) is 22.6. The summed E-state index contributed by atoms with van der Waals surface area (Å²) in [6, 6.07) is 31.5. The van der Waals surface area contributed by atoms with Crippen LogP contribution in [0.15, 0.2) is 119 Å². The Balaban J connectivity index is 1.46. The summed E-state index contributed by atoms with van der Waals surface area (Å²) in [6.07, 6.45) is -1.29. The van der Waals surface area contributed by atoms with Gasteiger partial charge in [-0.1, -0.05) is 72.8 Å². The number of hydrogen-bond donors (Lipinski definition) is 1. The second kappa shape index (κ2) is 11.7. The van der Waals surface area contributed by atoms with Gasteiger partial charge in [-0.2, -0.15) is 4.31 Å². The SMILES string of the molecule is O=C1Nc2ccccc2C(c2ccccc2)=NC1N(C(=O)c1cccc(S(=O)(=O)N2CCOCC2)c1)c1ccccc1. The van der Waals surface area contributed by atoms with Gasteiger partial charge in [-0.3, -0.25) is 14.5 Å². The third-order valence-electron chi connectivity index (χ3n) is 7.16. The average molecular weight is 581 g/mol. The van der Waals surface area contributed by atoms with Crippen LogP contribution in [0.5, 0.6) is 0 Å². The molecule has 2 amide bonds.